The number of benzene rings is 1. The topological polar surface area (TPSA) is 56.5 Å². The van der Waals surface area contributed by atoms with Crippen molar-refractivity contribution in [1.29, 1.82) is 0 Å². The molecule has 0 spiro atoms. The molecule has 0 saturated carbocycles. The van der Waals surface area contributed by atoms with Gasteiger partial charge < -0.3 is 19.3 Å². The first-order valence-electron chi connectivity index (χ1n) is 6.96. The van der Waals surface area contributed by atoms with Crippen LogP contribution in [0.2, 0.25) is 0 Å². The first kappa shape index (κ1) is 15.4. The molecule has 0 amide bonds. The molecule has 21 heavy (non-hydrogen) atoms. The lowest BCUT2D eigenvalue weighted by atomic mass is 10.1. The van der Waals surface area contributed by atoms with E-state index in [4.69, 9.17) is 14.0 Å². The lowest BCUT2D eigenvalue weighted by molar-refractivity contribution is 0.281. The molecule has 2 aromatic rings. The molecule has 1 aromatic carbocycles. The molecule has 0 aliphatic rings. The Bertz CT molecular complexity index is 588. The van der Waals surface area contributed by atoms with Crippen LogP contribution in [-0.4, -0.2) is 19.3 Å². The summed E-state index contributed by atoms with van der Waals surface area (Å²) in [5.74, 6) is 2.22. The Morgan fingerprint density at radius 2 is 2.05 bits per heavy atom. The molecule has 1 heterocycles. The van der Waals surface area contributed by atoms with Gasteiger partial charge in [-0.2, -0.15) is 0 Å². The van der Waals surface area contributed by atoms with Crippen molar-refractivity contribution in [2.75, 3.05) is 14.2 Å². The SMILES string of the molecule is CNC(C)c1ccc(OCc2c(C)noc2C)c(OC)c1. The molecule has 114 valence electrons. The van der Waals surface area contributed by atoms with Gasteiger partial charge in [-0.25, -0.2) is 0 Å². The highest BCUT2D eigenvalue weighted by atomic mass is 16.5. The van der Waals surface area contributed by atoms with E-state index in [-0.39, 0.29) is 6.04 Å². The van der Waals surface area contributed by atoms with Crippen molar-refractivity contribution in [3.05, 3.63) is 40.8 Å². The van der Waals surface area contributed by atoms with Crippen LogP contribution in [-0.2, 0) is 6.61 Å². The molecule has 2 rings (SSSR count). The maximum absolute atomic E-state index is 5.86. The standard InChI is InChI=1S/C16H22N2O3/c1-10(17-4)13-6-7-15(16(8-13)19-5)20-9-14-11(2)18-21-12(14)3/h6-8,10,17H,9H2,1-5H3. The van der Waals surface area contributed by atoms with Crippen molar-refractivity contribution >= 4 is 0 Å². The molecule has 0 aliphatic carbocycles. The van der Waals surface area contributed by atoms with Gasteiger partial charge in [-0.3, -0.25) is 0 Å². The van der Waals surface area contributed by atoms with Crippen LogP contribution in [0.5, 0.6) is 11.5 Å². The number of nitrogens with one attached hydrogen (secondary N) is 1. The summed E-state index contributed by atoms with van der Waals surface area (Å²) in [6.45, 7) is 6.30. The quantitative estimate of drug-likeness (QED) is 0.885. The van der Waals surface area contributed by atoms with Crippen molar-refractivity contribution < 1.29 is 14.0 Å². The zero-order chi connectivity index (χ0) is 15.4. The Morgan fingerprint density at radius 3 is 2.62 bits per heavy atom. The smallest absolute Gasteiger partial charge is 0.161 e. The number of hydrogen-bond donors (Lipinski definition) is 1. The average molecular weight is 290 g/mol. The Kier molecular flexibility index (Phi) is 4.85. The van der Waals surface area contributed by atoms with E-state index in [1.807, 2.05) is 39.1 Å². The van der Waals surface area contributed by atoms with E-state index in [0.717, 1.165) is 28.3 Å². The second-order valence-electron chi connectivity index (χ2n) is 5.01. The molecule has 1 atom stereocenters. The van der Waals surface area contributed by atoms with Gasteiger partial charge in [0.1, 0.15) is 12.4 Å². The Morgan fingerprint density at radius 1 is 1.29 bits per heavy atom. The third-order valence-corrected chi connectivity index (χ3v) is 3.67. The predicted molar refractivity (Wildman–Crippen MR) is 80.8 cm³/mol. The van der Waals surface area contributed by atoms with Crippen molar-refractivity contribution in [2.24, 2.45) is 0 Å². The summed E-state index contributed by atoms with van der Waals surface area (Å²) in [6, 6.07) is 6.21. The van der Waals surface area contributed by atoms with Crippen molar-refractivity contribution in [2.45, 2.75) is 33.4 Å². The fourth-order valence-corrected chi connectivity index (χ4v) is 2.10. The molecule has 5 heteroatoms. The fourth-order valence-electron chi connectivity index (χ4n) is 2.10. The Balaban J connectivity index is 2.16. The number of aromatic nitrogens is 1. The van der Waals surface area contributed by atoms with Gasteiger partial charge in [-0.1, -0.05) is 11.2 Å². The molecule has 5 nitrogen and oxygen atoms in total. The first-order chi connectivity index (χ1) is 10.1. The molecule has 0 saturated heterocycles. The maximum Gasteiger partial charge on any atom is 0.161 e. The van der Waals surface area contributed by atoms with E-state index in [1.54, 1.807) is 7.11 Å². The minimum atomic E-state index is 0.260. The average Bonchev–Trinajstić information content (AvgIpc) is 2.83. The van der Waals surface area contributed by atoms with E-state index in [9.17, 15) is 0 Å². The number of rotatable bonds is 6. The molecule has 0 bridgehead atoms. The lowest BCUT2D eigenvalue weighted by Crippen LogP contribution is -2.12. The number of aryl methyl sites for hydroxylation is 2. The highest BCUT2D eigenvalue weighted by molar-refractivity contribution is 5.44. The van der Waals surface area contributed by atoms with Gasteiger partial charge in [-0.05, 0) is 45.5 Å². The van der Waals surface area contributed by atoms with Crippen molar-refractivity contribution in [1.82, 2.24) is 10.5 Å². The van der Waals surface area contributed by atoms with Gasteiger partial charge in [0.05, 0.1) is 18.4 Å². The zero-order valence-corrected chi connectivity index (χ0v) is 13.2. The normalized spacial score (nSPS) is 12.2. The van der Waals surface area contributed by atoms with Gasteiger partial charge in [0.2, 0.25) is 0 Å². The molecule has 0 aliphatic heterocycles. The molecular formula is C16H22N2O3. The molecule has 1 aromatic heterocycles. The van der Waals surface area contributed by atoms with Gasteiger partial charge >= 0.3 is 0 Å². The summed E-state index contributed by atoms with van der Waals surface area (Å²) in [6.07, 6.45) is 0. The lowest BCUT2D eigenvalue weighted by Gasteiger charge is -2.15. The van der Waals surface area contributed by atoms with Crippen LogP contribution in [0.25, 0.3) is 0 Å². The number of methoxy groups -OCH3 is 1. The summed E-state index contributed by atoms with van der Waals surface area (Å²) in [7, 11) is 3.57. The number of ether oxygens (including phenoxy) is 2. The molecule has 1 N–H and O–H groups in total. The van der Waals surface area contributed by atoms with Gasteiger partial charge in [-0.15, -0.1) is 0 Å². The van der Waals surface area contributed by atoms with Gasteiger partial charge in [0.25, 0.3) is 0 Å². The first-order valence-corrected chi connectivity index (χ1v) is 6.96. The molecular weight excluding hydrogens is 268 g/mol. The third kappa shape index (κ3) is 3.36. The predicted octanol–water partition coefficient (Wildman–Crippen LogP) is 3.16. The van der Waals surface area contributed by atoms with Crippen molar-refractivity contribution in [3.63, 3.8) is 0 Å². The van der Waals surface area contributed by atoms with Crippen LogP contribution in [0.4, 0.5) is 0 Å². The maximum atomic E-state index is 5.86. The van der Waals surface area contributed by atoms with E-state index < -0.39 is 0 Å². The molecule has 0 radical (unpaired) electrons. The summed E-state index contributed by atoms with van der Waals surface area (Å²) >= 11 is 0. The van der Waals surface area contributed by atoms with E-state index >= 15 is 0 Å². The summed E-state index contributed by atoms with van der Waals surface area (Å²) in [5.41, 5.74) is 2.98. The van der Waals surface area contributed by atoms with Gasteiger partial charge in [0, 0.05) is 6.04 Å². The highest BCUT2D eigenvalue weighted by Crippen LogP contribution is 2.31. The van der Waals surface area contributed by atoms with Crippen LogP contribution in [0.1, 0.15) is 35.5 Å². The highest BCUT2D eigenvalue weighted by Gasteiger charge is 2.13. The van der Waals surface area contributed by atoms with E-state index in [1.165, 1.54) is 0 Å². The van der Waals surface area contributed by atoms with Gasteiger partial charge in [0.15, 0.2) is 11.5 Å². The van der Waals surface area contributed by atoms with Crippen LogP contribution in [0, 0.1) is 13.8 Å². The van der Waals surface area contributed by atoms with E-state index in [2.05, 4.69) is 17.4 Å². The summed E-state index contributed by atoms with van der Waals surface area (Å²) in [4.78, 5) is 0. The molecule has 0 fully saturated rings. The Hall–Kier alpha value is -2.01. The van der Waals surface area contributed by atoms with Crippen LogP contribution in [0.3, 0.4) is 0 Å². The zero-order valence-electron chi connectivity index (χ0n) is 13.2. The fraction of sp³-hybridized carbons (Fsp3) is 0.438. The second kappa shape index (κ2) is 6.63. The second-order valence-corrected chi connectivity index (χ2v) is 5.01. The third-order valence-electron chi connectivity index (χ3n) is 3.67. The summed E-state index contributed by atoms with van der Waals surface area (Å²) < 4.78 is 16.4. The largest absolute Gasteiger partial charge is 0.493 e. The number of hydrogen-bond acceptors (Lipinski definition) is 5. The van der Waals surface area contributed by atoms with Crippen LogP contribution in [0.15, 0.2) is 22.7 Å². The summed E-state index contributed by atoms with van der Waals surface area (Å²) in [5, 5.41) is 7.13. The minimum absolute atomic E-state index is 0.260. The minimum Gasteiger partial charge on any atom is -0.493 e. The van der Waals surface area contributed by atoms with Crippen LogP contribution >= 0.6 is 0 Å². The van der Waals surface area contributed by atoms with Crippen LogP contribution < -0.4 is 14.8 Å². The molecule has 1 unspecified atom stereocenters. The van der Waals surface area contributed by atoms with Crippen molar-refractivity contribution in [3.8, 4) is 11.5 Å². The Labute approximate surface area is 125 Å². The monoisotopic (exact) mass is 290 g/mol. The van der Waals surface area contributed by atoms with E-state index in [0.29, 0.717) is 12.4 Å². The number of nitrogens with zero attached hydrogens (tertiary/aromatic N) is 1.